The molecule has 0 saturated heterocycles. The van der Waals surface area contributed by atoms with Gasteiger partial charge >= 0.3 is 0 Å². The van der Waals surface area contributed by atoms with E-state index in [4.69, 9.17) is 5.73 Å². The van der Waals surface area contributed by atoms with Gasteiger partial charge in [-0.3, -0.25) is 9.59 Å². The van der Waals surface area contributed by atoms with Gasteiger partial charge < -0.3 is 16.0 Å². The number of nitrogens with one attached hydrogen (secondary N) is 2. The summed E-state index contributed by atoms with van der Waals surface area (Å²) < 4.78 is 0. The van der Waals surface area contributed by atoms with Crippen molar-refractivity contribution in [1.82, 2.24) is 10.3 Å². The average Bonchev–Trinajstić information content (AvgIpc) is 2.40. The van der Waals surface area contributed by atoms with E-state index < -0.39 is 0 Å². The van der Waals surface area contributed by atoms with Crippen molar-refractivity contribution in [2.45, 2.75) is 37.6 Å². The summed E-state index contributed by atoms with van der Waals surface area (Å²) in [6.45, 7) is 0.446. The highest BCUT2D eigenvalue weighted by molar-refractivity contribution is 5.94. The number of hydrogen-bond donors (Lipinski definition) is 3. The van der Waals surface area contributed by atoms with Crippen LogP contribution in [0.2, 0.25) is 0 Å². The first-order chi connectivity index (χ1) is 8.65. The van der Waals surface area contributed by atoms with Crippen molar-refractivity contribution < 1.29 is 4.79 Å². The summed E-state index contributed by atoms with van der Waals surface area (Å²) in [4.78, 5) is 25.8. The molecule has 98 valence electrons. The zero-order valence-electron chi connectivity index (χ0n) is 10.4. The minimum Gasteiger partial charge on any atom is -0.345 e. The van der Waals surface area contributed by atoms with Gasteiger partial charge in [0, 0.05) is 24.4 Å². The first-order valence-corrected chi connectivity index (χ1v) is 6.37. The van der Waals surface area contributed by atoms with Gasteiger partial charge in [0.05, 0.1) is 5.54 Å². The van der Waals surface area contributed by atoms with Gasteiger partial charge in [-0.15, -0.1) is 0 Å². The number of aromatic amines is 1. The Labute approximate surface area is 106 Å². The Morgan fingerprint density at radius 3 is 2.72 bits per heavy atom. The van der Waals surface area contributed by atoms with Crippen LogP contribution in [-0.2, 0) is 0 Å². The van der Waals surface area contributed by atoms with E-state index in [1.54, 1.807) is 6.07 Å². The Kier molecular flexibility index (Phi) is 3.81. The number of hydrogen-bond acceptors (Lipinski definition) is 3. The second-order valence-electron chi connectivity index (χ2n) is 4.94. The maximum atomic E-state index is 12.1. The predicted octanol–water partition coefficient (Wildman–Crippen LogP) is 0.766. The van der Waals surface area contributed by atoms with Crippen LogP contribution in [0.15, 0.2) is 23.1 Å². The van der Waals surface area contributed by atoms with Crippen LogP contribution in [0.4, 0.5) is 0 Å². The second-order valence-corrected chi connectivity index (χ2v) is 4.94. The quantitative estimate of drug-likeness (QED) is 0.739. The van der Waals surface area contributed by atoms with Crippen molar-refractivity contribution in [1.29, 1.82) is 0 Å². The summed E-state index contributed by atoms with van der Waals surface area (Å²) in [6.07, 6.45) is 6.69. The Morgan fingerprint density at radius 1 is 1.39 bits per heavy atom. The van der Waals surface area contributed by atoms with Crippen LogP contribution in [0.1, 0.15) is 42.5 Å². The molecule has 4 N–H and O–H groups in total. The molecule has 5 nitrogen and oxygen atoms in total. The van der Waals surface area contributed by atoms with Gasteiger partial charge in [0.2, 0.25) is 5.56 Å². The van der Waals surface area contributed by atoms with E-state index in [1.807, 2.05) is 0 Å². The lowest BCUT2D eigenvalue weighted by atomic mass is 9.81. The van der Waals surface area contributed by atoms with Crippen molar-refractivity contribution in [3.8, 4) is 0 Å². The van der Waals surface area contributed by atoms with Gasteiger partial charge in [0.15, 0.2) is 0 Å². The molecule has 0 atom stereocenters. The number of carbonyl (C=O) groups excluding carboxylic acids is 1. The molecule has 1 heterocycles. The van der Waals surface area contributed by atoms with Crippen molar-refractivity contribution in [3.63, 3.8) is 0 Å². The van der Waals surface area contributed by atoms with Crippen molar-refractivity contribution >= 4 is 5.91 Å². The van der Waals surface area contributed by atoms with Crippen molar-refractivity contribution in [2.24, 2.45) is 5.73 Å². The van der Waals surface area contributed by atoms with Crippen LogP contribution >= 0.6 is 0 Å². The lowest BCUT2D eigenvalue weighted by Crippen LogP contribution is -2.54. The van der Waals surface area contributed by atoms with Crippen LogP contribution in [-0.4, -0.2) is 23.0 Å². The molecule has 0 aromatic carbocycles. The number of rotatable bonds is 3. The Balaban J connectivity index is 2.12. The summed E-state index contributed by atoms with van der Waals surface area (Å²) in [5.41, 5.74) is 5.63. The lowest BCUT2D eigenvalue weighted by Gasteiger charge is -2.37. The Hall–Kier alpha value is -1.62. The molecule has 18 heavy (non-hydrogen) atoms. The first-order valence-electron chi connectivity index (χ1n) is 6.37. The van der Waals surface area contributed by atoms with Crippen LogP contribution in [0.5, 0.6) is 0 Å². The standard InChI is InChI=1S/C13H19N3O2/c14-9-13(5-2-1-3-6-13)16-12(18)10-4-7-15-11(17)8-10/h4,7-8H,1-3,5-6,9,14H2,(H,15,17)(H,16,18). The molecule has 1 aromatic rings. The molecule has 1 saturated carbocycles. The third kappa shape index (κ3) is 2.79. The van der Waals surface area contributed by atoms with Gasteiger partial charge in [-0.2, -0.15) is 0 Å². The molecule has 1 fully saturated rings. The number of amides is 1. The molecule has 1 amide bonds. The summed E-state index contributed by atoms with van der Waals surface area (Å²) in [5.74, 6) is -0.214. The highest BCUT2D eigenvalue weighted by Gasteiger charge is 2.32. The van der Waals surface area contributed by atoms with Crippen LogP contribution < -0.4 is 16.6 Å². The maximum Gasteiger partial charge on any atom is 0.252 e. The second kappa shape index (κ2) is 5.35. The summed E-state index contributed by atoms with van der Waals surface area (Å²) in [5, 5.41) is 3.01. The zero-order valence-corrected chi connectivity index (χ0v) is 10.4. The highest BCUT2D eigenvalue weighted by atomic mass is 16.2. The number of carbonyl (C=O) groups is 1. The minimum absolute atomic E-state index is 0.214. The van der Waals surface area contributed by atoms with Crippen molar-refractivity contribution in [3.05, 3.63) is 34.2 Å². The number of H-pyrrole nitrogens is 1. The molecule has 2 rings (SSSR count). The molecule has 1 aliphatic carbocycles. The minimum atomic E-state index is -0.294. The van der Waals surface area contributed by atoms with Crippen LogP contribution in [0, 0.1) is 0 Å². The zero-order chi connectivity index (χ0) is 13.0. The monoisotopic (exact) mass is 249 g/mol. The molecule has 0 bridgehead atoms. The number of nitrogens with two attached hydrogens (primary N) is 1. The fraction of sp³-hybridized carbons (Fsp3) is 0.538. The van der Waals surface area contributed by atoms with Gasteiger partial charge in [-0.1, -0.05) is 19.3 Å². The van der Waals surface area contributed by atoms with E-state index in [2.05, 4.69) is 10.3 Å². The first kappa shape index (κ1) is 12.8. The lowest BCUT2D eigenvalue weighted by molar-refractivity contribution is 0.0874. The van der Waals surface area contributed by atoms with Crippen LogP contribution in [0.3, 0.4) is 0 Å². The molecule has 0 unspecified atom stereocenters. The van der Waals surface area contributed by atoms with E-state index in [0.29, 0.717) is 12.1 Å². The molecule has 0 radical (unpaired) electrons. The maximum absolute atomic E-state index is 12.1. The summed E-state index contributed by atoms with van der Waals surface area (Å²) in [7, 11) is 0. The molecule has 0 aliphatic heterocycles. The predicted molar refractivity (Wildman–Crippen MR) is 69.4 cm³/mol. The number of pyridine rings is 1. The summed E-state index contributed by atoms with van der Waals surface area (Å²) in [6, 6.07) is 2.91. The summed E-state index contributed by atoms with van der Waals surface area (Å²) >= 11 is 0. The fourth-order valence-electron chi connectivity index (χ4n) is 2.51. The van der Waals surface area contributed by atoms with Gasteiger partial charge in [-0.25, -0.2) is 0 Å². The molecule has 1 aromatic heterocycles. The van der Waals surface area contributed by atoms with Crippen molar-refractivity contribution in [2.75, 3.05) is 6.54 Å². The number of aromatic nitrogens is 1. The normalized spacial score (nSPS) is 18.3. The smallest absolute Gasteiger partial charge is 0.252 e. The fourth-order valence-corrected chi connectivity index (χ4v) is 2.51. The topological polar surface area (TPSA) is 88.0 Å². The van der Waals surface area contributed by atoms with Gasteiger partial charge in [0.1, 0.15) is 0 Å². The third-order valence-corrected chi connectivity index (χ3v) is 3.62. The molecule has 1 aliphatic rings. The van der Waals surface area contributed by atoms with Gasteiger partial charge in [-0.05, 0) is 18.9 Å². The molecular weight excluding hydrogens is 230 g/mol. The van der Waals surface area contributed by atoms with E-state index in [9.17, 15) is 9.59 Å². The van der Waals surface area contributed by atoms with Crippen LogP contribution in [0.25, 0.3) is 0 Å². The largest absolute Gasteiger partial charge is 0.345 e. The van der Waals surface area contributed by atoms with E-state index in [0.717, 1.165) is 25.7 Å². The highest BCUT2D eigenvalue weighted by Crippen LogP contribution is 2.27. The third-order valence-electron chi connectivity index (χ3n) is 3.62. The molecule has 5 heteroatoms. The Morgan fingerprint density at radius 2 is 2.11 bits per heavy atom. The van der Waals surface area contributed by atoms with E-state index >= 15 is 0 Å². The molecular formula is C13H19N3O2. The molecule has 0 spiro atoms. The average molecular weight is 249 g/mol. The SMILES string of the molecule is NCC1(NC(=O)c2cc[nH]c(=O)c2)CCCCC1. The van der Waals surface area contributed by atoms with E-state index in [-0.39, 0.29) is 17.0 Å². The Bertz CT molecular complexity index is 475. The van der Waals surface area contributed by atoms with E-state index in [1.165, 1.54) is 18.7 Å². The van der Waals surface area contributed by atoms with Gasteiger partial charge in [0.25, 0.3) is 5.91 Å².